The number of non-ortho nitro benzene ring substituents is 1. The highest BCUT2D eigenvalue weighted by Gasteiger charge is 2.19. The summed E-state index contributed by atoms with van der Waals surface area (Å²) in [6.07, 6.45) is 0. The molecule has 0 bridgehead atoms. The number of carbonyl (C=O) groups excluding carboxylic acids is 2. The lowest BCUT2D eigenvalue weighted by Gasteiger charge is -2.07. The second-order valence-corrected chi connectivity index (χ2v) is 7.62. The number of aromatic nitrogens is 1. The summed E-state index contributed by atoms with van der Waals surface area (Å²) >= 11 is 1.24. The van der Waals surface area contributed by atoms with Crippen LogP contribution in [0.2, 0.25) is 0 Å². The van der Waals surface area contributed by atoms with Gasteiger partial charge in [-0.05, 0) is 49.6 Å². The van der Waals surface area contributed by atoms with Gasteiger partial charge >= 0.3 is 5.97 Å². The normalized spacial score (nSPS) is 10.5. The number of nitrogens with zero attached hydrogens (tertiary/aromatic N) is 2. The van der Waals surface area contributed by atoms with Crippen LogP contribution >= 0.6 is 11.3 Å². The lowest BCUT2D eigenvalue weighted by atomic mass is 9.99. The SMILES string of the molecule is COC(=O)c1cc(C(=O)Nc2nc(-c3cc(C)c(C)cc3C)cs2)cc([N+](=O)[O-])c1. The average molecular weight is 425 g/mol. The van der Waals surface area contributed by atoms with Crippen LogP contribution in [0.1, 0.15) is 37.4 Å². The van der Waals surface area contributed by atoms with E-state index in [4.69, 9.17) is 0 Å². The van der Waals surface area contributed by atoms with Crippen molar-refractivity contribution in [2.24, 2.45) is 0 Å². The molecular weight excluding hydrogens is 406 g/mol. The Bertz CT molecular complexity index is 1170. The fourth-order valence-corrected chi connectivity index (χ4v) is 3.65. The molecular formula is C21H19N3O5S. The summed E-state index contributed by atoms with van der Waals surface area (Å²) in [6.45, 7) is 6.06. The minimum atomic E-state index is -0.769. The van der Waals surface area contributed by atoms with E-state index in [1.165, 1.54) is 23.0 Å². The number of nitro benzene ring substituents is 1. The van der Waals surface area contributed by atoms with Crippen LogP contribution in [0.4, 0.5) is 10.8 Å². The molecule has 30 heavy (non-hydrogen) atoms. The summed E-state index contributed by atoms with van der Waals surface area (Å²) in [5, 5.41) is 16.0. The minimum absolute atomic E-state index is 0.0382. The van der Waals surface area contributed by atoms with Crippen molar-refractivity contribution >= 4 is 34.0 Å². The molecule has 0 saturated carbocycles. The van der Waals surface area contributed by atoms with Gasteiger partial charge in [0.05, 0.1) is 23.3 Å². The molecule has 1 aromatic heterocycles. The van der Waals surface area contributed by atoms with Crippen LogP contribution in [0.3, 0.4) is 0 Å². The molecule has 0 aliphatic rings. The first kappa shape index (κ1) is 21.1. The average Bonchev–Trinajstić information content (AvgIpc) is 3.17. The van der Waals surface area contributed by atoms with Crippen molar-refractivity contribution in [2.75, 3.05) is 12.4 Å². The maximum absolute atomic E-state index is 12.6. The van der Waals surface area contributed by atoms with Crippen molar-refractivity contribution in [3.63, 3.8) is 0 Å². The van der Waals surface area contributed by atoms with Gasteiger partial charge in [-0.1, -0.05) is 6.07 Å². The molecule has 0 aliphatic heterocycles. The molecule has 1 heterocycles. The van der Waals surface area contributed by atoms with Gasteiger partial charge in [0.25, 0.3) is 11.6 Å². The third-order valence-corrected chi connectivity index (χ3v) is 5.41. The predicted molar refractivity (Wildman–Crippen MR) is 114 cm³/mol. The number of hydrogen-bond acceptors (Lipinski definition) is 7. The van der Waals surface area contributed by atoms with Crippen LogP contribution < -0.4 is 5.32 Å². The fraction of sp³-hybridized carbons (Fsp3) is 0.190. The Kier molecular flexibility index (Phi) is 5.93. The third kappa shape index (κ3) is 4.36. The van der Waals surface area contributed by atoms with Gasteiger partial charge in [-0.25, -0.2) is 9.78 Å². The summed E-state index contributed by atoms with van der Waals surface area (Å²) in [7, 11) is 1.16. The predicted octanol–water partition coefficient (Wildman–Crippen LogP) is 4.68. The Balaban J connectivity index is 1.89. The second-order valence-electron chi connectivity index (χ2n) is 6.76. The van der Waals surface area contributed by atoms with Crippen molar-refractivity contribution in [2.45, 2.75) is 20.8 Å². The van der Waals surface area contributed by atoms with Crippen molar-refractivity contribution in [1.29, 1.82) is 0 Å². The van der Waals surface area contributed by atoms with E-state index < -0.39 is 16.8 Å². The van der Waals surface area contributed by atoms with Crippen LogP contribution in [0.15, 0.2) is 35.7 Å². The first-order valence-corrected chi connectivity index (χ1v) is 9.80. The van der Waals surface area contributed by atoms with E-state index in [0.717, 1.165) is 41.6 Å². The number of methoxy groups -OCH3 is 1. The highest BCUT2D eigenvalue weighted by Crippen LogP contribution is 2.30. The minimum Gasteiger partial charge on any atom is -0.465 e. The maximum atomic E-state index is 12.6. The monoisotopic (exact) mass is 425 g/mol. The Morgan fingerprint density at radius 3 is 2.37 bits per heavy atom. The summed E-state index contributed by atoms with van der Waals surface area (Å²) < 4.78 is 4.60. The number of aryl methyl sites for hydroxylation is 3. The first-order valence-electron chi connectivity index (χ1n) is 8.92. The zero-order valence-electron chi connectivity index (χ0n) is 16.8. The van der Waals surface area contributed by atoms with E-state index in [9.17, 15) is 19.7 Å². The van der Waals surface area contributed by atoms with Gasteiger partial charge in [-0.2, -0.15) is 0 Å². The molecule has 154 valence electrons. The second kappa shape index (κ2) is 8.42. The smallest absolute Gasteiger partial charge is 0.338 e. The molecule has 0 saturated heterocycles. The molecule has 0 radical (unpaired) electrons. The standard InChI is InChI=1S/C21H19N3O5S/c1-11-5-13(3)17(6-12(11)2)18-10-30-21(22-18)23-19(25)14-7-15(20(26)29-4)9-16(8-14)24(27)28/h5-10H,1-4H3,(H,22,23,25). The van der Waals surface area contributed by atoms with Gasteiger partial charge < -0.3 is 4.74 Å². The third-order valence-electron chi connectivity index (χ3n) is 4.65. The number of ether oxygens (including phenoxy) is 1. The van der Waals surface area contributed by atoms with Crippen molar-refractivity contribution in [3.05, 3.63) is 73.6 Å². The molecule has 3 rings (SSSR count). The van der Waals surface area contributed by atoms with Crippen LogP contribution in [-0.4, -0.2) is 28.9 Å². The van der Waals surface area contributed by atoms with Gasteiger partial charge in [0.1, 0.15) is 0 Å². The molecule has 0 atom stereocenters. The van der Waals surface area contributed by atoms with E-state index in [1.54, 1.807) is 0 Å². The zero-order valence-corrected chi connectivity index (χ0v) is 17.6. The molecule has 0 unspecified atom stereocenters. The number of carbonyl (C=O) groups is 2. The number of amides is 1. The topological polar surface area (TPSA) is 111 Å². The number of benzene rings is 2. The van der Waals surface area contributed by atoms with Gasteiger partial charge in [0.2, 0.25) is 0 Å². The maximum Gasteiger partial charge on any atom is 0.338 e. The van der Waals surface area contributed by atoms with Crippen LogP contribution in [0.25, 0.3) is 11.3 Å². The Hall–Kier alpha value is -3.59. The Morgan fingerprint density at radius 2 is 1.70 bits per heavy atom. The molecule has 3 aromatic rings. The Labute approximate surface area is 176 Å². The highest BCUT2D eigenvalue weighted by molar-refractivity contribution is 7.14. The zero-order chi connectivity index (χ0) is 22.0. The summed E-state index contributed by atoms with van der Waals surface area (Å²) in [5.74, 6) is -1.38. The largest absolute Gasteiger partial charge is 0.465 e. The van der Waals surface area contributed by atoms with Gasteiger partial charge in [-0.3, -0.25) is 20.2 Å². The quantitative estimate of drug-likeness (QED) is 0.361. The molecule has 9 heteroatoms. The van der Waals surface area contributed by atoms with Crippen LogP contribution in [-0.2, 0) is 4.74 Å². The number of anilines is 1. The summed E-state index contributed by atoms with van der Waals surface area (Å²) in [4.78, 5) is 39.4. The number of nitro groups is 1. The first-order chi connectivity index (χ1) is 14.2. The van der Waals surface area contributed by atoms with Gasteiger partial charge in [0, 0.05) is 28.6 Å². The van der Waals surface area contributed by atoms with E-state index in [0.29, 0.717) is 5.13 Å². The Morgan fingerprint density at radius 1 is 1.03 bits per heavy atom. The fourth-order valence-electron chi connectivity index (χ4n) is 2.94. The molecule has 0 spiro atoms. The van der Waals surface area contributed by atoms with Crippen LogP contribution in [0.5, 0.6) is 0 Å². The number of thiazole rings is 1. The van der Waals surface area contributed by atoms with E-state index in [2.05, 4.69) is 27.2 Å². The van der Waals surface area contributed by atoms with Gasteiger partial charge in [0.15, 0.2) is 5.13 Å². The number of esters is 1. The number of hydrogen-bond donors (Lipinski definition) is 1. The van der Waals surface area contributed by atoms with Crippen LogP contribution in [0, 0.1) is 30.9 Å². The molecule has 0 aliphatic carbocycles. The molecule has 8 nitrogen and oxygen atoms in total. The summed E-state index contributed by atoms with van der Waals surface area (Å²) in [6, 6.07) is 7.54. The van der Waals surface area contributed by atoms with Crippen molar-refractivity contribution in [1.82, 2.24) is 4.98 Å². The van der Waals surface area contributed by atoms with E-state index in [1.807, 2.05) is 26.2 Å². The highest BCUT2D eigenvalue weighted by atomic mass is 32.1. The molecule has 1 amide bonds. The van der Waals surface area contributed by atoms with E-state index in [-0.39, 0.29) is 16.8 Å². The molecule has 0 fully saturated rings. The van der Waals surface area contributed by atoms with E-state index >= 15 is 0 Å². The molecule has 2 aromatic carbocycles. The van der Waals surface area contributed by atoms with Gasteiger partial charge in [-0.15, -0.1) is 11.3 Å². The van der Waals surface area contributed by atoms with Crippen molar-refractivity contribution < 1.29 is 19.2 Å². The molecule has 1 N–H and O–H groups in total. The lowest BCUT2D eigenvalue weighted by molar-refractivity contribution is -0.384. The number of rotatable bonds is 5. The number of nitrogens with one attached hydrogen (secondary N) is 1. The van der Waals surface area contributed by atoms with Crippen molar-refractivity contribution in [3.8, 4) is 11.3 Å². The summed E-state index contributed by atoms with van der Waals surface area (Å²) in [5.41, 5.74) is 4.60. The lowest BCUT2D eigenvalue weighted by Crippen LogP contribution is -2.14.